The molecule has 55 heavy (non-hydrogen) atoms. The Balaban J connectivity index is 1.06. The molecule has 10 aromatic rings. The molecule has 0 aliphatic heterocycles. The molecule has 0 aliphatic carbocycles. The molecule has 0 spiro atoms. The van der Waals surface area contributed by atoms with Gasteiger partial charge in [0.2, 0.25) is 0 Å². The van der Waals surface area contributed by atoms with Gasteiger partial charge in [0.05, 0.1) is 0 Å². The first-order valence-electron chi connectivity index (χ1n) is 18.4. The Morgan fingerprint density at radius 3 is 1.44 bits per heavy atom. The fourth-order valence-corrected chi connectivity index (χ4v) is 7.37. The number of para-hydroxylation sites is 1. The summed E-state index contributed by atoms with van der Waals surface area (Å²) in [5.41, 5.74) is 13.4. The van der Waals surface area contributed by atoms with E-state index < -0.39 is 0 Å². The van der Waals surface area contributed by atoms with Crippen molar-refractivity contribution in [3.63, 3.8) is 0 Å². The molecule has 8 aromatic carbocycles. The minimum absolute atomic E-state index is 0.614. The van der Waals surface area contributed by atoms with Crippen molar-refractivity contribution < 1.29 is 4.42 Å². The van der Waals surface area contributed by atoms with E-state index >= 15 is 0 Å². The van der Waals surface area contributed by atoms with E-state index in [-0.39, 0.29) is 0 Å². The highest BCUT2D eigenvalue weighted by atomic mass is 16.3. The standard InChI is InChI=1S/C51H33N3O/c1-3-13-34(14-4-1)35-25-27-37(28-26-35)49-52-50(54-51(53-49)46-23-8-7-21-43(46)36-15-5-2-6-16-36)42-20-12-19-40(32-42)38-17-11-18-39(31-38)41-29-30-45-44-22-9-10-24-47(44)55-48(45)33-41/h1-33H. The lowest BCUT2D eigenvalue weighted by Gasteiger charge is -2.13. The molecule has 258 valence electrons. The summed E-state index contributed by atoms with van der Waals surface area (Å²) >= 11 is 0. The summed E-state index contributed by atoms with van der Waals surface area (Å²) in [5.74, 6) is 1.86. The lowest BCUT2D eigenvalue weighted by atomic mass is 9.97. The average Bonchev–Trinajstić information content (AvgIpc) is 3.65. The molecular weight excluding hydrogens is 671 g/mol. The molecule has 0 radical (unpaired) electrons. The summed E-state index contributed by atoms with van der Waals surface area (Å²) in [6.07, 6.45) is 0. The van der Waals surface area contributed by atoms with E-state index in [0.29, 0.717) is 17.5 Å². The second-order valence-corrected chi connectivity index (χ2v) is 13.6. The van der Waals surface area contributed by atoms with Crippen molar-refractivity contribution in [3.05, 3.63) is 200 Å². The number of hydrogen-bond acceptors (Lipinski definition) is 4. The molecule has 0 amide bonds. The average molecular weight is 704 g/mol. The van der Waals surface area contributed by atoms with Gasteiger partial charge in [-0.3, -0.25) is 0 Å². The maximum absolute atomic E-state index is 6.22. The summed E-state index contributed by atoms with van der Waals surface area (Å²) < 4.78 is 6.22. The minimum atomic E-state index is 0.614. The van der Waals surface area contributed by atoms with Crippen molar-refractivity contribution in [1.29, 1.82) is 0 Å². The van der Waals surface area contributed by atoms with Gasteiger partial charge in [0.25, 0.3) is 0 Å². The summed E-state index contributed by atoms with van der Waals surface area (Å²) in [5, 5.41) is 2.25. The summed E-state index contributed by atoms with van der Waals surface area (Å²) in [6, 6.07) is 69.3. The maximum atomic E-state index is 6.22. The van der Waals surface area contributed by atoms with Crippen molar-refractivity contribution in [1.82, 2.24) is 15.0 Å². The Morgan fingerprint density at radius 1 is 0.255 bits per heavy atom. The van der Waals surface area contributed by atoms with E-state index in [0.717, 1.165) is 77.6 Å². The van der Waals surface area contributed by atoms with Gasteiger partial charge >= 0.3 is 0 Å². The van der Waals surface area contributed by atoms with Crippen LogP contribution in [0.2, 0.25) is 0 Å². The predicted molar refractivity (Wildman–Crippen MR) is 225 cm³/mol. The van der Waals surface area contributed by atoms with Gasteiger partial charge in [-0.15, -0.1) is 0 Å². The van der Waals surface area contributed by atoms with Crippen LogP contribution >= 0.6 is 0 Å². The molecule has 0 atom stereocenters. The molecule has 0 fully saturated rings. The van der Waals surface area contributed by atoms with E-state index in [9.17, 15) is 0 Å². The molecule has 0 unspecified atom stereocenters. The largest absolute Gasteiger partial charge is 0.456 e. The first-order chi connectivity index (χ1) is 27.2. The molecule has 0 N–H and O–H groups in total. The number of fused-ring (bicyclic) bond motifs is 3. The van der Waals surface area contributed by atoms with Crippen LogP contribution in [0.3, 0.4) is 0 Å². The molecule has 0 bridgehead atoms. The molecule has 2 heterocycles. The maximum Gasteiger partial charge on any atom is 0.164 e. The zero-order valence-corrected chi connectivity index (χ0v) is 29.8. The van der Waals surface area contributed by atoms with Crippen LogP contribution in [-0.2, 0) is 0 Å². The fraction of sp³-hybridized carbons (Fsp3) is 0. The third-order valence-corrected chi connectivity index (χ3v) is 10.2. The molecule has 0 saturated heterocycles. The molecule has 4 nitrogen and oxygen atoms in total. The number of aromatic nitrogens is 3. The van der Waals surface area contributed by atoms with Gasteiger partial charge in [0.15, 0.2) is 17.5 Å². The molecule has 10 rings (SSSR count). The lowest BCUT2D eigenvalue weighted by molar-refractivity contribution is 0.669. The minimum Gasteiger partial charge on any atom is -0.456 e. The summed E-state index contributed by atoms with van der Waals surface area (Å²) in [4.78, 5) is 15.4. The third kappa shape index (κ3) is 6.26. The Labute approximate surface area is 319 Å². The van der Waals surface area contributed by atoms with Crippen molar-refractivity contribution in [2.45, 2.75) is 0 Å². The van der Waals surface area contributed by atoms with E-state index in [4.69, 9.17) is 19.4 Å². The lowest BCUT2D eigenvalue weighted by Crippen LogP contribution is -2.01. The van der Waals surface area contributed by atoms with Gasteiger partial charge in [-0.25, -0.2) is 15.0 Å². The van der Waals surface area contributed by atoms with Crippen LogP contribution in [0.5, 0.6) is 0 Å². The molecule has 0 saturated carbocycles. The summed E-state index contributed by atoms with van der Waals surface area (Å²) in [6.45, 7) is 0. The monoisotopic (exact) mass is 703 g/mol. The van der Waals surface area contributed by atoms with Gasteiger partial charge in [-0.05, 0) is 74.8 Å². The Bertz CT molecular complexity index is 2970. The quantitative estimate of drug-likeness (QED) is 0.166. The van der Waals surface area contributed by atoms with Crippen LogP contribution in [0.15, 0.2) is 205 Å². The van der Waals surface area contributed by atoms with E-state index in [1.54, 1.807) is 0 Å². The normalized spacial score (nSPS) is 11.3. The third-order valence-electron chi connectivity index (χ3n) is 10.2. The Morgan fingerprint density at radius 2 is 0.709 bits per heavy atom. The van der Waals surface area contributed by atoms with Crippen molar-refractivity contribution >= 4 is 21.9 Å². The number of furan rings is 1. The van der Waals surface area contributed by atoms with Crippen molar-refractivity contribution in [3.8, 4) is 78.7 Å². The van der Waals surface area contributed by atoms with Crippen molar-refractivity contribution in [2.75, 3.05) is 0 Å². The zero-order chi connectivity index (χ0) is 36.6. The highest BCUT2D eigenvalue weighted by Gasteiger charge is 2.17. The summed E-state index contributed by atoms with van der Waals surface area (Å²) in [7, 11) is 0. The van der Waals surface area contributed by atoms with Crippen LogP contribution in [0.4, 0.5) is 0 Å². The smallest absolute Gasteiger partial charge is 0.164 e. The van der Waals surface area contributed by atoms with E-state index in [2.05, 4.69) is 164 Å². The van der Waals surface area contributed by atoms with Crippen LogP contribution in [0.25, 0.3) is 101 Å². The van der Waals surface area contributed by atoms with Gasteiger partial charge in [-0.2, -0.15) is 0 Å². The molecule has 2 aromatic heterocycles. The Hall–Kier alpha value is -7.43. The van der Waals surface area contributed by atoms with Gasteiger partial charge < -0.3 is 4.42 Å². The van der Waals surface area contributed by atoms with Crippen LogP contribution in [-0.4, -0.2) is 15.0 Å². The number of hydrogen-bond donors (Lipinski definition) is 0. The topological polar surface area (TPSA) is 51.8 Å². The van der Waals surface area contributed by atoms with Crippen LogP contribution < -0.4 is 0 Å². The molecular formula is C51H33N3O. The highest BCUT2D eigenvalue weighted by Crippen LogP contribution is 2.36. The SMILES string of the molecule is c1ccc(-c2ccc(-c3nc(-c4cccc(-c5cccc(-c6ccc7c(c6)oc6ccccc67)c5)c4)nc(-c4ccccc4-c4ccccc4)n3)cc2)cc1. The van der Waals surface area contributed by atoms with Gasteiger partial charge in [-0.1, -0.05) is 170 Å². The second-order valence-electron chi connectivity index (χ2n) is 13.6. The fourth-order valence-electron chi connectivity index (χ4n) is 7.37. The number of nitrogens with zero attached hydrogens (tertiary/aromatic N) is 3. The number of rotatable bonds is 7. The van der Waals surface area contributed by atoms with Gasteiger partial charge in [0.1, 0.15) is 11.2 Å². The van der Waals surface area contributed by atoms with Crippen LogP contribution in [0, 0.1) is 0 Å². The molecule has 0 aliphatic rings. The van der Waals surface area contributed by atoms with E-state index in [1.807, 2.05) is 36.4 Å². The zero-order valence-electron chi connectivity index (χ0n) is 29.8. The second kappa shape index (κ2) is 13.8. The van der Waals surface area contributed by atoms with Crippen molar-refractivity contribution in [2.24, 2.45) is 0 Å². The highest BCUT2D eigenvalue weighted by molar-refractivity contribution is 6.06. The number of benzene rings is 8. The first-order valence-corrected chi connectivity index (χ1v) is 18.4. The van der Waals surface area contributed by atoms with Crippen LogP contribution in [0.1, 0.15) is 0 Å². The predicted octanol–water partition coefficient (Wildman–Crippen LogP) is 13.4. The van der Waals surface area contributed by atoms with E-state index in [1.165, 1.54) is 5.56 Å². The molecule has 4 heteroatoms. The Kier molecular flexibility index (Phi) is 8.12. The first kappa shape index (κ1) is 32.2. The van der Waals surface area contributed by atoms with Gasteiger partial charge in [0, 0.05) is 27.5 Å².